The topological polar surface area (TPSA) is 37.6 Å². The molecule has 4 rings (SSSR count). The van der Waals surface area contributed by atoms with Crippen LogP contribution in [0.5, 0.6) is 0 Å². The fraction of sp³-hybridized carbons (Fsp3) is 0.294. The van der Waals surface area contributed by atoms with Crippen molar-refractivity contribution in [3.63, 3.8) is 0 Å². The van der Waals surface area contributed by atoms with Crippen LogP contribution >= 0.6 is 22.7 Å². The van der Waals surface area contributed by atoms with Crippen molar-refractivity contribution < 1.29 is 9.18 Å². The summed E-state index contributed by atoms with van der Waals surface area (Å²) in [6.07, 6.45) is 1.45. The Kier molecular flexibility index (Phi) is 3.97. The van der Waals surface area contributed by atoms with Gasteiger partial charge in [-0.3, -0.25) is 4.57 Å². The SMILES string of the molecule is Cc1cn(-c2ccc3sccc3c2)c(=NC(=O)N2CC[C@@H](F)C2)s1. The molecule has 1 saturated heterocycles. The van der Waals surface area contributed by atoms with Gasteiger partial charge in [0.05, 0.1) is 6.54 Å². The highest BCUT2D eigenvalue weighted by Crippen LogP contribution is 2.23. The predicted molar refractivity (Wildman–Crippen MR) is 95.8 cm³/mol. The van der Waals surface area contributed by atoms with Crippen molar-refractivity contribution in [1.29, 1.82) is 0 Å². The van der Waals surface area contributed by atoms with E-state index in [9.17, 15) is 9.18 Å². The van der Waals surface area contributed by atoms with Gasteiger partial charge in [0, 0.05) is 28.0 Å². The molecule has 1 atom stereocenters. The van der Waals surface area contributed by atoms with Crippen LogP contribution in [0.4, 0.5) is 9.18 Å². The fourth-order valence-corrected chi connectivity index (χ4v) is 4.46. The minimum absolute atomic E-state index is 0.146. The van der Waals surface area contributed by atoms with Gasteiger partial charge in [-0.05, 0) is 48.4 Å². The van der Waals surface area contributed by atoms with Crippen molar-refractivity contribution >= 4 is 38.8 Å². The molecule has 0 N–H and O–H groups in total. The number of nitrogens with zero attached hydrogens (tertiary/aromatic N) is 3. The van der Waals surface area contributed by atoms with E-state index in [-0.39, 0.29) is 12.6 Å². The molecule has 7 heteroatoms. The Labute approximate surface area is 146 Å². The maximum Gasteiger partial charge on any atom is 0.346 e. The van der Waals surface area contributed by atoms with E-state index in [0.29, 0.717) is 17.8 Å². The van der Waals surface area contributed by atoms with E-state index < -0.39 is 6.17 Å². The first kappa shape index (κ1) is 15.5. The average Bonchev–Trinajstić information content (AvgIpc) is 3.26. The lowest BCUT2D eigenvalue weighted by Crippen LogP contribution is -2.28. The number of aromatic nitrogens is 1. The van der Waals surface area contributed by atoms with Gasteiger partial charge in [-0.2, -0.15) is 4.99 Å². The lowest BCUT2D eigenvalue weighted by atomic mass is 10.2. The van der Waals surface area contributed by atoms with Crippen molar-refractivity contribution in [1.82, 2.24) is 9.47 Å². The summed E-state index contributed by atoms with van der Waals surface area (Å²) in [7, 11) is 0. The molecule has 0 bridgehead atoms. The summed E-state index contributed by atoms with van der Waals surface area (Å²) in [4.78, 5) is 19.7. The van der Waals surface area contributed by atoms with Gasteiger partial charge in [0.15, 0.2) is 4.80 Å². The molecule has 24 heavy (non-hydrogen) atoms. The lowest BCUT2D eigenvalue weighted by Gasteiger charge is -2.10. The van der Waals surface area contributed by atoms with Crippen LogP contribution in [-0.4, -0.2) is 34.8 Å². The van der Waals surface area contributed by atoms with Crippen LogP contribution in [-0.2, 0) is 0 Å². The maximum absolute atomic E-state index is 13.3. The number of carbonyl (C=O) groups excluding carboxylic acids is 1. The van der Waals surface area contributed by atoms with Gasteiger partial charge in [0.1, 0.15) is 6.17 Å². The molecule has 0 unspecified atom stereocenters. The van der Waals surface area contributed by atoms with E-state index >= 15 is 0 Å². The zero-order chi connectivity index (χ0) is 16.7. The summed E-state index contributed by atoms with van der Waals surface area (Å²) >= 11 is 3.16. The second-order valence-corrected chi connectivity index (χ2v) is 8.02. The van der Waals surface area contributed by atoms with Crippen molar-refractivity contribution in [3.05, 3.63) is 45.5 Å². The smallest absolute Gasteiger partial charge is 0.320 e. The van der Waals surface area contributed by atoms with Gasteiger partial charge >= 0.3 is 6.03 Å². The minimum Gasteiger partial charge on any atom is -0.320 e. The monoisotopic (exact) mass is 361 g/mol. The standard InChI is InChI=1S/C17H16FN3OS2/c1-11-9-21(14-2-3-15-12(8-14)5-7-23-15)17(24-11)19-16(22)20-6-4-13(18)10-20/h2-3,5,7-9,13H,4,6,10H2,1H3/t13-/m1/s1. The number of halogens is 1. The number of thiazole rings is 1. The molecule has 2 amide bonds. The van der Waals surface area contributed by atoms with Crippen molar-refractivity contribution in [2.45, 2.75) is 19.5 Å². The Balaban J connectivity index is 1.74. The van der Waals surface area contributed by atoms with Gasteiger partial charge in [-0.1, -0.05) is 0 Å². The van der Waals surface area contributed by atoms with E-state index in [1.165, 1.54) is 26.3 Å². The largest absolute Gasteiger partial charge is 0.346 e. The first-order valence-corrected chi connectivity index (χ1v) is 9.44. The van der Waals surface area contributed by atoms with E-state index in [0.717, 1.165) is 10.6 Å². The number of amides is 2. The fourth-order valence-electron chi connectivity index (χ4n) is 2.87. The van der Waals surface area contributed by atoms with Crippen LogP contribution in [0.25, 0.3) is 15.8 Å². The molecule has 3 heterocycles. The second kappa shape index (κ2) is 6.14. The molecule has 0 aliphatic carbocycles. The number of alkyl halides is 1. The summed E-state index contributed by atoms with van der Waals surface area (Å²) in [5, 5.41) is 3.24. The summed E-state index contributed by atoms with van der Waals surface area (Å²) in [6.45, 7) is 2.57. The Hall–Kier alpha value is -1.99. The third-order valence-corrected chi connectivity index (χ3v) is 5.87. The van der Waals surface area contributed by atoms with Crippen LogP contribution in [0.2, 0.25) is 0 Å². The molecule has 3 aromatic rings. The first-order chi connectivity index (χ1) is 11.6. The molecule has 4 nitrogen and oxygen atoms in total. The highest BCUT2D eigenvalue weighted by Gasteiger charge is 2.25. The third-order valence-electron chi connectivity index (χ3n) is 4.08. The maximum atomic E-state index is 13.3. The van der Waals surface area contributed by atoms with Crippen molar-refractivity contribution in [2.24, 2.45) is 4.99 Å². The molecule has 0 radical (unpaired) electrons. The Bertz CT molecular complexity index is 972. The number of rotatable bonds is 1. The van der Waals surface area contributed by atoms with Crippen LogP contribution in [0.3, 0.4) is 0 Å². The molecule has 0 spiro atoms. The lowest BCUT2D eigenvalue weighted by molar-refractivity contribution is 0.213. The number of hydrogen-bond donors (Lipinski definition) is 0. The summed E-state index contributed by atoms with van der Waals surface area (Å²) in [5.74, 6) is 0. The molecule has 1 aromatic carbocycles. The Morgan fingerprint density at radius 1 is 1.38 bits per heavy atom. The number of likely N-dealkylation sites (tertiary alicyclic amines) is 1. The minimum atomic E-state index is -0.928. The van der Waals surface area contributed by atoms with E-state index in [1.807, 2.05) is 23.8 Å². The van der Waals surface area contributed by atoms with Gasteiger partial charge in [-0.15, -0.1) is 22.7 Å². The molecule has 0 saturated carbocycles. The molecular weight excluding hydrogens is 345 g/mol. The summed E-state index contributed by atoms with van der Waals surface area (Å²) < 4.78 is 16.5. The normalized spacial score (nSPS) is 18.7. The Morgan fingerprint density at radius 2 is 2.25 bits per heavy atom. The van der Waals surface area contributed by atoms with E-state index in [1.54, 1.807) is 11.3 Å². The molecule has 124 valence electrons. The number of urea groups is 1. The average molecular weight is 361 g/mol. The number of fused-ring (bicyclic) bond motifs is 1. The highest BCUT2D eigenvalue weighted by atomic mass is 32.1. The van der Waals surface area contributed by atoms with Crippen LogP contribution in [0.15, 0.2) is 40.8 Å². The number of carbonyl (C=O) groups is 1. The van der Waals surface area contributed by atoms with Crippen molar-refractivity contribution in [2.75, 3.05) is 13.1 Å². The van der Waals surface area contributed by atoms with E-state index in [2.05, 4.69) is 28.6 Å². The van der Waals surface area contributed by atoms with Crippen molar-refractivity contribution in [3.8, 4) is 5.69 Å². The van der Waals surface area contributed by atoms with Crippen LogP contribution in [0.1, 0.15) is 11.3 Å². The summed E-state index contributed by atoms with van der Waals surface area (Å²) in [5.41, 5.74) is 0.974. The number of benzene rings is 1. The number of aryl methyl sites for hydroxylation is 1. The molecule has 1 aliphatic heterocycles. The zero-order valence-electron chi connectivity index (χ0n) is 13.1. The van der Waals surface area contributed by atoms with Gasteiger partial charge in [-0.25, -0.2) is 9.18 Å². The van der Waals surface area contributed by atoms with E-state index in [4.69, 9.17) is 0 Å². The second-order valence-electron chi connectivity index (χ2n) is 5.86. The third kappa shape index (κ3) is 2.89. The van der Waals surface area contributed by atoms with Gasteiger partial charge in [0.2, 0.25) is 0 Å². The number of thiophene rings is 1. The molecule has 2 aromatic heterocycles. The zero-order valence-corrected chi connectivity index (χ0v) is 14.7. The molecule has 1 aliphatic rings. The summed E-state index contributed by atoms with van der Waals surface area (Å²) in [6, 6.07) is 7.92. The van der Waals surface area contributed by atoms with Crippen LogP contribution in [0, 0.1) is 6.92 Å². The quantitative estimate of drug-likeness (QED) is 0.642. The highest BCUT2D eigenvalue weighted by molar-refractivity contribution is 7.17. The van der Waals surface area contributed by atoms with Gasteiger partial charge < -0.3 is 4.90 Å². The Morgan fingerprint density at radius 3 is 3.04 bits per heavy atom. The number of hydrogen-bond acceptors (Lipinski definition) is 3. The molecular formula is C17H16FN3OS2. The van der Waals surface area contributed by atoms with Crippen LogP contribution < -0.4 is 4.80 Å². The first-order valence-electron chi connectivity index (χ1n) is 7.74. The predicted octanol–water partition coefficient (Wildman–Crippen LogP) is 4.13. The molecule has 1 fully saturated rings. The van der Waals surface area contributed by atoms with Gasteiger partial charge in [0.25, 0.3) is 0 Å².